The zero-order valence-electron chi connectivity index (χ0n) is 35.1. The van der Waals surface area contributed by atoms with Crippen molar-refractivity contribution in [1.82, 2.24) is 34.9 Å². The predicted octanol–water partition coefficient (Wildman–Crippen LogP) is 6.27. The Hall–Kier alpha value is -5.23. The summed E-state index contributed by atoms with van der Waals surface area (Å²) in [5.74, 6) is -5.79. The standard InChI is InChI=1S/C44H49Cl2F4N7O6/c1-26-40(60)53-35(24-58)42(62)55(4)43(19-27-6-10-30(45)11-7-27)14-5-15-56(25-43)41(61)29(20-44(48,49)50)16-39(59)57(26)23-33-34(47)17-31(46)18-37(33)63-32-12-8-28(9-13-32)36-21-52-38(22-51-2)54(36)3/h6-13,17-18,21,26,29,35,51,58H,5,14-16,19-20,22-25H2,1-4H3,(H,53,60)/t26-,29-,35-,43+/m0/s1. The van der Waals surface area contributed by atoms with E-state index in [0.29, 0.717) is 23.6 Å². The topological polar surface area (TPSA) is 149 Å². The first-order chi connectivity index (χ1) is 29.8. The highest BCUT2D eigenvalue weighted by atomic mass is 35.5. The van der Waals surface area contributed by atoms with E-state index >= 15 is 4.39 Å². The Balaban J connectivity index is 1.36. The van der Waals surface area contributed by atoms with Gasteiger partial charge >= 0.3 is 6.18 Å². The van der Waals surface area contributed by atoms with Crippen LogP contribution >= 0.6 is 23.2 Å². The van der Waals surface area contributed by atoms with Gasteiger partial charge in [-0.05, 0) is 87.3 Å². The van der Waals surface area contributed by atoms with Gasteiger partial charge in [-0.25, -0.2) is 9.37 Å². The van der Waals surface area contributed by atoms with Crippen LogP contribution in [0.25, 0.3) is 11.3 Å². The molecular formula is C44H49Cl2F4N7O6. The first-order valence-corrected chi connectivity index (χ1v) is 21.1. The number of piperidine rings is 1. The Morgan fingerprint density at radius 2 is 1.70 bits per heavy atom. The molecule has 2 fully saturated rings. The Labute approximate surface area is 372 Å². The molecule has 2 saturated heterocycles. The van der Waals surface area contributed by atoms with Gasteiger partial charge in [0.15, 0.2) is 0 Å². The molecule has 4 aromatic rings. The molecule has 1 aromatic heterocycles. The Morgan fingerprint density at radius 3 is 2.35 bits per heavy atom. The van der Waals surface area contributed by atoms with Gasteiger partial charge in [0.05, 0.1) is 49.5 Å². The summed E-state index contributed by atoms with van der Waals surface area (Å²) in [6.07, 6.45) is -5.07. The van der Waals surface area contributed by atoms with Gasteiger partial charge in [-0.1, -0.05) is 35.3 Å². The van der Waals surface area contributed by atoms with Crippen LogP contribution in [0.15, 0.2) is 66.9 Å². The second-order valence-electron chi connectivity index (χ2n) is 16.1. The number of amides is 4. The number of aliphatic hydroxyl groups excluding tert-OH is 1. The number of ether oxygens (including phenoxy) is 1. The van der Waals surface area contributed by atoms with E-state index in [1.54, 1.807) is 61.8 Å². The molecule has 13 nitrogen and oxygen atoms in total. The third kappa shape index (κ3) is 10.9. The third-order valence-corrected chi connectivity index (χ3v) is 12.3. The number of carbonyl (C=O) groups is 4. The van der Waals surface area contributed by atoms with Crippen molar-refractivity contribution in [2.75, 3.05) is 33.8 Å². The molecule has 338 valence electrons. The van der Waals surface area contributed by atoms with E-state index in [-0.39, 0.29) is 48.0 Å². The normalized spacial score (nSPS) is 21.7. The van der Waals surface area contributed by atoms with E-state index in [1.165, 1.54) is 29.8 Å². The number of alkyl halides is 3. The molecule has 3 heterocycles. The molecule has 0 unspecified atom stereocenters. The van der Waals surface area contributed by atoms with Crippen LogP contribution in [0.1, 0.15) is 49.6 Å². The quantitative estimate of drug-likeness (QED) is 0.149. The highest BCUT2D eigenvalue weighted by Crippen LogP contribution is 2.37. The first-order valence-electron chi connectivity index (χ1n) is 20.3. The molecule has 6 rings (SSSR count). The highest BCUT2D eigenvalue weighted by Gasteiger charge is 2.47. The summed E-state index contributed by atoms with van der Waals surface area (Å²) >= 11 is 12.4. The van der Waals surface area contributed by atoms with Crippen molar-refractivity contribution >= 4 is 46.8 Å². The number of nitrogens with zero attached hydrogens (tertiary/aromatic N) is 5. The van der Waals surface area contributed by atoms with Crippen LogP contribution in [0, 0.1) is 11.7 Å². The fourth-order valence-electron chi connectivity index (χ4n) is 8.31. The second kappa shape index (κ2) is 19.7. The van der Waals surface area contributed by atoms with Crippen LogP contribution in [0.4, 0.5) is 17.6 Å². The summed E-state index contributed by atoms with van der Waals surface area (Å²) in [6.45, 7) is 0.0406. The Morgan fingerprint density at radius 1 is 1.00 bits per heavy atom. The van der Waals surface area contributed by atoms with Crippen molar-refractivity contribution < 1.29 is 46.6 Å². The molecule has 4 amide bonds. The Kier molecular flexibility index (Phi) is 14.7. The number of halogens is 6. The number of fused-ring (bicyclic) bond motifs is 2. The minimum absolute atomic E-state index is 0.0448. The molecule has 0 saturated carbocycles. The van der Waals surface area contributed by atoms with Crippen molar-refractivity contribution in [3.63, 3.8) is 0 Å². The zero-order valence-corrected chi connectivity index (χ0v) is 36.7. The van der Waals surface area contributed by atoms with Gasteiger partial charge in [0, 0.05) is 54.8 Å². The van der Waals surface area contributed by atoms with Gasteiger partial charge in [0.25, 0.3) is 0 Å². The van der Waals surface area contributed by atoms with E-state index in [9.17, 15) is 37.5 Å². The van der Waals surface area contributed by atoms with Crippen molar-refractivity contribution in [3.05, 3.63) is 99.7 Å². The van der Waals surface area contributed by atoms with Crippen molar-refractivity contribution in [2.24, 2.45) is 13.0 Å². The number of likely N-dealkylation sites (N-methyl/N-ethyl adjacent to an activating group) is 1. The average Bonchev–Trinajstić information content (AvgIpc) is 3.60. The summed E-state index contributed by atoms with van der Waals surface area (Å²) in [7, 11) is 5.13. The number of benzene rings is 3. The van der Waals surface area contributed by atoms with Gasteiger partial charge in [0.1, 0.15) is 35.2 Å². The van der Waals surface area contributed by atoms with E-state index < -0.39 is 85.2 Å². The summed E-state index contributed by atoms with van der Waals surface area (Å²) < 4.78 is 67.0. The maximum atomic E-state index is 16.1. The lowest BCUT2D eigenvalue weighted by Gasteiger charge is -2.50. The molecule has 0 radical (unpaired) electrons. The van der Waals surface area contributed by atoms with Crippen LogP contribution in [-0.2, 0) is 45.7 Å². The summed E-state index contributed by atoms with van der Waals surface area (Å²) in [6, 6.07) is 12.6. The lowest BCUT2D eigenvalue weighted by atomic mass is 9.80. The molecule has 2 bridgehead atoms. The van der Waals surface area contributed by atoms with E-state index in [0.717, 1.165) is 28.0 Å². The van der Waals surface area contributed by atoms with E-state index in [2.05, 4.69) is 15.6 Å². The lowest BCUT2D eigenvalue weighted by molar-refractivity contribution is -0.166. The highest BCUT2D eigenvalue weighted by molar-refractivity contribution is 6.31. The van der Waals surface area contributed by atoms with Crippen LogP contribution in [0.3, 0.4) is 0 Å². The summed E-state index contributed by atoms with van der Waals surface area (Å²) in [5.41, 5.74) is 0.841. The number of imidazole rings is 1. The molecular weight excluding hydrogens is 869 g/mol. The zero-order chi connectivity index (χ0) is 45.8. The lowest BCUT2D eigenvalue weighted by Crippen LogP contribution is -2.65. The molecule has 3 N–H and O–H groups in total. The first kappa shape index (κ1) is 47.3. The monoisotopic (exact) mass is 917 g/mol. The van der Waals surface area contributed by atoms with Crippen molar-refractivity contribution in [2.45, 2.75) is 75.9 Å². The number of hydrogen-bond donors (Lipinski definition) is 3. The fraction of sp³-hybridized carbons (Fsp3) is 0.432. The average molecular weight is 919 g/mol. The number of nitrogens with one attached hydrogen (secondary N) is 2. The summed E-state index contributed by atoms with van der Waals surface area (Å²) in [5, 5.41) is 16.4. The molecule has 0 spiro atoms. The molecule has 19 heteroatoms. The number of hydrogen-bond acceptors (Lipinski definition) is 8. The Bertz CT molecular complexity index is 2310. The molecule has 2 aliphatic heterocycles. The minimum Gasteiger partial charge on any atom is -0.457 e. The van der Waals surface area contributed by atoms with Gasteiger partial charge in [-0.2, -0.15) is 13.2 Å². The summed E-state index contributed by atoms with van der Waals surface area (Å²) in [4.78, 5) is 64.9. The van der Waals surface area contributed by atoms with Gasteiger partial charge in [-0.15, -0.1) is 0 Å². The van der Waals surface area contributed by atoms with Crippen LogP contribution in [0.2, 0.25) is 10.0 Å². The van der Waals surface area contributed by atoms with Gasteiger partial charge in [-0.3, -0.25) is 19.2 Å². The van der Waals surface area contributed by atoms with Crippen molar-refractivity contribution in [1.29, 1.82) is 0 Å². The third-order valence-electron chi connectivity index (χ3n) is 11.8. The molecule has 2 aliphatic rings. The van der Waals surface area contributed by atoms with Crippen LogP contribution in [-0.4, -0.2) is 111 Å². The number of rotatable bonds is 11. The maximum Gasteiger partial charge on any atom is 0.389 e. The molecule has 3 aromatic carbocycles. The van der Waals surface area contributed by atoms with Gasteiger partial charge < -0.3 is 39.7 Å². The van der Waals surface area contributed by atoms with Crippen molar-refractivity contribution in [3.8, 4) is 22.8 Å². The second-order valence-corrected chi connectivity index (χ2v) is 17.0. The van der Waals surface area contributed by atoms with Crippen LogP contribution < -0.4 is 15.4 Å². The predicted molar refractivity (Wildman–Crippen MR) is 227 cm³/mol. The number of carbonyl (C=O) groups excluding carboxylic acids is 4. The number of aliphatic hydroxyl groups is 1. The largest absolute Gasteiger partial charge is 0.457 e. The molecule has 0 aliphatic carbocycles. The van der Waals surface area contributed by atoms with E-state index in [1.807, 2.05) is 11.6 Å². The maximum absolute atomic E-state index is 16.1. The smallest absolute Gasteiger partial charge is 0.389 e. The SMILES string of the molecule is CNCc1ncc(-c2ccc(Oc3cc(Cl)cc(F)c3CN3C(=O)C[C@@H](CC(F)(F)F)C(=O)N4CCC[C@@](Cc5ccc(Cl)cc5)(C4)N(C)C(=O)[C@H](CO)NC(=O)[C@@H]3C)cc2)n1C. The van der Waals surface area contributed by atoms with Crippen LogP contribution in [0.5, 0.6) is 11.5 Å². The number of aromatic nitrogens is 2. The fourth-order valence-corrected chi connectivity index (χ4v) is 8.63. The molecule has 4 atom stereocenters. The van der Waals surface area contributed by atoms with E-state index in [4.69, 9.17) is 27.9 Å². The van der Waals surface area contributed by atoms with Gasteiger partial charge in [0.2, 0.25) is 23.6 Å². The molecule has 63 heavy (non-hydrogen) atoms. The minimum atomic E-state index is -4.89.